The number of rotatable bonds is 9. The average Bonchev–Trinajstić information content (AvgIpc) is 2.76. The van der Waals surface area contributed by atoms with Crippen molar-refractivity contribution in [3.05, 3.63) is 23.8 Å². The van der Waals surface area contributed by atoms with Gasteiger partial charge in [-0.2, -0.15) is 0 Å². The lowest BCUT2D eigenvalue weighted by Gasteiger charge is -2.45. The van der Waals surface area contributed by atoms with Crippen LogP contribution in [-0.4, -0.2) is 46.6 Å². The van der Waals surface area contributed by atoms with Crippen molar-refractivity contribution in [2.24, 2.45) is 23.7 Å². The molecule has 7 atom stereocenters. The molecule has 2 N–H and O–H groups in total. The maximum atomic E-state index is 13.0. The maximum Gasteiger partial charge on any atom is 0.309 e. The number of cyclic esters (lactones) is 1. The van der Waals surface area contributed by atoms with Gasteiger partial charge in [0.15, 0.2) is 0 Å². The van der Waals surface area contributed by atoms with Gasteiger partial charge in [-0.1, -0.05) is 45.8 Å². The van der Waals surface area contributed by atoms with Gasteiger partial charge in [-0.3, -0.25) is 9.59 Å². The van der Waals surface area contributed by atoms with Gasteiger partial charge in [-0.05, 0) is 62.0 Å². The molecule has 1 aliphatic heterocycles. The molecule has 3 rings (SSSR count). The first kappa shape index (κ1) is 25.0. The number of esters is 2. The van der Waals surface area contributed by atoms with E-state index in [-0.39, 0.29) is 41.7 Å². The summed E-state index contributed by atoms with van der Waals surface area (Å²) in [7, 11) is 0. The molecule has 0 aromatic carbocycles. The Morgan fingerprint density at radius 2 is 1.94 bits per heavy atom. The van der Waals surface area contributed by atoms with Crippen molar-refractivity contribution in [1.29, 1.82) is 0 Å². The Kier molecular flexibility index (Phi) is 8.95. The van der Waals surface area contributed by atoms with E-state index < -0.39 is 18.3 Å². The van der Waals surface area contributed by atoms with E-state index in [4.69, 9.17) is 9.47 Å². The molecular formula is C26H40O6. The van der Waals surface area contributed by atoms with E-state index in [1.165, 1.54) is 0 Å². The van der Waals surface area contributed by atoms with Crippen molar-refractivity contribution < 1.29 is 29.3 Å². The van der Waals surface area contributed by atoms with Crippen LogP contribution in [0.15, 0.2) is 23.8 Å². The number of carbonyl (C=O) groups is 2. The van der Waals surface area contributed by atoms with Gasteiger partial charge in [0.1, 0.15) is 24.4 Å². The molecule has 3 unspecified atom stereocenters. The molecule has 0 bridgehead atoms. The van der Waals surface area contributed by atoms with Crippen molar-refractivity contribution in [2.75, 3.05) is 0 Å². The minimum atomic E-state index is -1.15. The van der Waals surface area contributed by atoms with E-state index in [1.54, 1.807) is 6.08 Å². The molecule has 0 amide bonds. The molecule has 6 heteroatoms. The number of allylic oxidation sites excluding steroid dienone is 2. The van der Waals surface area contributed by atoms with Crippen LogP contribution in [0.3, 0.4) is 0 Å². The summed E-state index contributed by atoms with van der Waals surface area (Å²) < 4.78 is 11.5. The highest BCUT2D eigenvalue weighted by Gasteiger charge is 2.47. The van der Waals surface area contributed by atoms with Gasteiger partial charge in [0.25, 0.3) is 0 Å². The molecule has 1 heterocycles. The molecule has 1 fully saturated rings. The summed E-state index contributed by atoms with van der Waals surface area (Å²) in [6.45, 7) is 6.24. The molecule has 6 nitrogen and oxygen atoms in total. The van der Waals surface area contributed by atoms with Crippen molar-refractivity contribution in [2.45, 2.75) is 103 Å². The third kappa shape index (κ3) is 5.82. The lowest BCUT2D eigenvalue weighted by atomic mass is 9.65. The normalized spacial score (nSPS) is 34.6. The van der Waals surface area contributed by atoms with Gasteiger partial charge in [-0.15, -0.1) is 0 Å². The summed E-state index contributed by atoms with van der Waals surface area (Å²) in [6.07, 6.45) is 9.87. The molecule has 0 aromatic heterocycles. The molecule has 3 aliphatic rings. The lowest BCUT2D eigenvalue weighted by molar-refractivity contribution is -0.172. The second-order valence-corrected chi connectivity index (χ2v) is 9.81. The highest BCUT2D eigenvalue weighted by atomic mass is 16.6. The summed E-state index contributed by atoms with van der Waals surface area (Å²) in [4.78, 5) is 24.7. The third-order valence-corrected chi connectivity index (χ3v) is 7.40. The van der Waals surface area contributed by atoms with Gasteiger partial charge in [0.05, 0.1) is 5.92 Å². The van der Waals surface area contributed by atoms with Gasteiger partial charge in [-0.25, -0.2) is 0 Å². The first-order chi connectivity index (χ1) is 15.3. The molecule has 32 heavy (non-hydrogen) atoms. The molecule has 180 valence electrons. The second kappa shape index (κ2) is 11.5. The van der Waals surface area contributed by atoms with E-state index in [2.05, 4.69) is 26.8 Å². The first-order valence-electron chi connectivity index (χ1n) is 12.5. The zero-order chi connectivity index (χ0) is 23.3. The van der Waals surface area contributed by atoms with Crippen molar-refractivity contribution in [3.8, 4) is 0 Å². The summed E-state index contributed by atoms with van der Waals surface area (Å²) >= 11 is 0. The van der Waals surface area contributed by atoms with Gasteiger partial charge < -0.3 is 19.7 Å². The number of carbonyl (C=O) groups excluding carboxylic acids is 2. The Morgan fingerprint density at radius 1 is 1.22 bits per heavy atom. The largest absolute Gasteiger partial charge is 0.462 e. The number of ether oxygens (including phenoxy) is 2. The average molecular weight is 449 g/mol. The fourth-order valence-corrected chi connectivity index (χ4v) is 5.65. The molecule has 1 saturated heterocycles. The maximum absolute atomic E-state index is 13.0. The van der Waals surface area contributed by atoms with Crippen LogP contribution in [-0.2, 0) is 19.1 Å². The van der Waals surface area contributed by atoms with E-state index in [0.29, 0.717) is 6.42 Å². The number of hydrogen-bond donors (Lipinski definition) is 2. The minimum Gasteiger partial charge on any atom is -0.462 e. The van der Waals surface area contributed by atoms with E-state index >= 15 is 0 Å². The van der Waals surface area contributed by atoms with Crippen LogP contribution in [0.1, 0.15) is 78.6 Å². The van der Waals surface area contributed by atoms with Crippen LogP contribution < -0.4 is 0 Å². The number of hydrogen-bond acceptors (Lipinski definition) is 6. The topological polar surface area (TPSA) is 93.1 Å². The summed E-state index contributed by atoms with van der Waals surface area (Å²) in [5.41, 5.74) is 0.923. The van der Waals surface area contributed by atoms with E-state index in [9.17, 15) is 19.8 Å². The fraction of sp³-hybridized carbons (Fsp3) is 0.769. The molecular weight excluding hydrogens is 408 g/mol. The predicted octanol–water partition coefficient (Wildman–Crippen LogP) is 4.09. The van der Waals surface area contributed by atoms with Crippen molar-refractivity contribution in [1.82, 2.24) is 0 Å². The second-order valence-electron chi connectivity index (χ2n) is 9.81. The zero-order valence-corrected chi connectivity index (χ0v) is 19.7. The van der Waals surface area contributed by atoms with Crippen LogP contribution >= 0.6 is 0 Å². The Balaban J connectivity index is 1.79. The van der Waals surface area contributed by atoms with Gasteiger partial charge in [0, 0.05) is 12.3 Å². The number of fused-ring (bicyclic) bond motifs is 1. The standard InChI is InChI=1S/C26H40O6/c1-4-7-17(8-5-2)26(30)32-25-23-18(15-21(27)24(25)29)12-11-16(3)20(23)14-13-19-9-6-10-22(28)31-19/h11-12,15-17,19-21,23-25,27,29H,4-10,13-14H2,1-3H3/t16?,19-,20+,21?,23+,24?,25+/m1/s1. The minimum absolute atomic E-state index is 0.0691. The Morgan fingerprint density at radius 3 is 2.59 bits per heavy atom. The fourth-order valence-electron chi connectivity index (χ4n) is 5.65. The van der Waals surface area contributed by atoms with E-state index in [1.807, 2.05) is 6.08 Å². The summed E-state index contributed by atoms with van der Waals surface area (Å²) in [6, 6.07) is 0. The first-order valence-corrected chi connectivity index (χ1v) is 12.5. The molecule has 0 saturated carbocycles. The van der Waals surface area contributed by atoms with Crippen LogP contribution in [0.2, 0.25) is 0 Å². The third-order valence-electron chi connectivity index (χ3n) is 7.40. The SMILES string of the molecule is CCCC(CCC)C(=O)O[C@@H]1C(O)C(O)C=C2C=CC(C)[C@H](CC[C@H]3CCCC(=O)O3)[C@H]21. The zero-order valence-electron chi connectivity index (χ0n) is 19.7. The monoisotopic (exact) mass is 448 g/mol. The Labute approximate surface area is 192 Å². The summed E-state index contributed by atoms with van der Waals surface area (Å²) in [5.74, 6) is -0.404. The Hall–Kier alpha value is -1.66. The van der Waals surface area contributed by atoms with E-state index in [0.717, 1.165) is 56.9 Å². The number of aliphatic hydroxyl groups excluding tert-OH is 2. The molecule has 2 aliphatic carbocycles. The number of aliphatic hydroxyl groups is 2. The highest BCUT2D eigenvalue weighted by Crippen LogP contribution is 2.44. The van der Waals surface area contributed by atoms with Crippen molar-refractivity contribution in [3.63, 3.8) is 0 Å². The molecule has 0 spiro atoms. The van der Waals surface area contributed by atoms with Crippen LogP contribution in [0.4, 0.5) is 0 Å². The van der Waals surface area contributed by atoms with Crippen LogP contribution in [0, 0.1) is 23.7 Å². The predicted molar refractivity (Wildman–Crippen MR) is 122 cm³/mol. The highest BCUT2D eigenvalue weighted by molar-refractivity contribution is 5.72. The van der Waals surface area contributed by atoms with Gasteiger partial charge in [0.2, 0.25) is 0 Å². The van der Waals surface area contributed by atoms with Crippen molar-refractivity contribution >= 4 is 11.9 Å². The van der Waals surface area contributed by atoms with Crippen LogP contribution in [0.25, 0.3) is 0 Å². The summed E-state index contributed by atoms with van der Waals surface area (Å²) in [5, 5.41) is 21.3. The Bertz CT molecular complexity index is 707. The van der Waals surface area contributed by atoms with Crippen LogP contribution in [0.5, 0.6) is 0 Å². The molecule has 0 radical (unpaired) electrons. The van der Waals surface area contributed by atoms with Gasteiger partial charge >= 0.3 is 11.9 Å². The smallest absolute Gasteiger partial charge is 0.309 e. The lowest BCUT2D eigenvalue weighted by Crippen LogP contribution is -2.52. The quantitative estimate of drug-likeness (QED) is 0.516. The molecule has 0 aromatic rings.